The molecule has 0 saturated carbocycles. The maximum atomic E-state index is 11.3. The second-order valence-corrected chi connectivity index (χ2v) is 5.04. The van der Waals surface area contributed by atoms with Crippen LogP contribution in [0.15, 0.2) is 10.6 Å². The van der Waals surface area contributed by atoms with E-state index in [9.17, 15) is 9.59 Å². The largest absolute Gasteiger partial charge is 0.465 e. The fourth-order valence-electron chi connectivity index (χ4n) is 1.36. The Kier molecular flexibility index (Phi) is 4.51. The fraction of sp³-hybridized carbons (Fsp3) is 0.636. The quantitative estimate of drug-likeness (QED) is 0.740. The van der Waals surface area contributed by atoms with Crippen LogP contribution < -0.4 is 0 Å². The fourth-order valence-corrected chi connectivity index (χ4v) is 1.89. The molecule has 0 bridgehead atoms. The van der Waals surface area contributed by atoms with E-state index in [2.05, 4.69) is 15.9 Å². The van der Waals surface area contributed by atoms with Crippen LogP contribution in [-0.4, -0.2) is 18.4 Å². The van der Waals surface area contributed by atoms with Gasteiger partial charge < -0.3 is 4.74 Å². The van der Waals surface area contributed by atoms with E-state index in [1.54, 1.807) is 6.08 Å². The van der Waals surface area contributed by atoms with Crippen LogP contribution in [0.3, 0.4) is 0 Å². The Morgan fingerprint density at radius 3 is 2.80 bits per heavy atom. The van der Waals surface area contributed by atoms with Crippen molar-refractivity contribution in [3.05, 3.63) is 10.6 Å². The lowest BCUT2D eigenvalue weighted by atomic mass is 10.1. The van der Waals surface area contributed by atoms with Crippen LogP contribution in [0.2, 0.25) is 0 Å². The second-order valence-electron chi connectivity index (χ2n) is 4.18. The van der Waals surface area contributed by atoms with E-state index in [0.29, 0.717) is 29.8 Å². The third-order valence-electron chi connectivity index (χ3n) is 2.10. The summed E-state index contributed by atoms with van der Waals surface area (Å²) in [6.07, 6.45) is 2.50. The van der Waals surface area contributed by atoms with Crippen molar-refractivity contribution < 1.29 is 14.3 Å². The Labute approximate surface area is 98.0 Å². The van der Waals surface area contributed by atoms with E-state index in [1.807, 2.05) is 13.8 Å². The highest BCUT2D eigenvalue weighted by atomic mass is 79.9. The van der Waals surface area contributed by atoms with Gasteiger partial charge in [-0.1, -0.05) is 19.9 Å². The molecular formula is C11H15BrO3. The van der Waals surface area contributed by atoms with Gasteiger partial charge in [0, 0.05) is 6.42 Å². The van der Waals surface area contributed by atoms with Gasteiger partial charge in [-0.15, -0.1) is 0 Å². The average molecular weight is 275 g/mol. The predicted molar refractivity (Wildman–Crippen MR) is 60.5 cm³/mol. The molecule has 0 amide bonds. The normalized spacial score (nSPS) is 20.7. The number of carbonyl (C=O) groups is 2. The second kappa shape index (κ2) is 5.45. The van der Waals surface area contributed by atoms with Gasteiger partial charge in [0.05, 0.1) is 17.5 Å². The van der Waals surface area contributed by atoms with Crippen molar-refractivity contribution in [3.63, 3.8) is 0 Å². The minimum absolute atomic E-state index is 0.00605. The number of esters is 1. The summed E-state index contributed by atoms with van der Waals surface area (Å²) in [5, 5.41) is 0. The number of Topliss-reactive ketones (excluding diaryl/α,β-unsaturated/α-hetero) is 1. The lowest BCUT2D eigenvalue weighted by molar-refractivity contribution is -0.145. The van der Waals surface area contributed by atoms with Gasteiger partial charge in [0.2, 0.25) is 0 Å². The zero-order valence-electron chi connectivity index (χ0n) is 8.96. The van der Waals surface area contributed by atoms with Gasteiger partial charge in [0.15, 0.2) is 5.78 Å². The maximum Gasteiger partial charge on any atom is 0.306 e. The standard InChI is InChI=1S/C11H15BrO3/c1-7(2)6-15-11(14)5-8-3-9(12)10(13)4-8/h3,7-8H,4-6H2,1-2H3. The van der Waals surface area contributed by atoms with Crippen LogP contribution in [0.4, 0.5) is 0 Å². The van der Waals surface area contributed by atoms with E-state index in [1.165, 1.54) is 0 Å². The van der Waals surface area contributed by atoms with Crippen molar-refractivity contribution in [1.29, 1.82) is 0 Å². The van der Waals surface area contributed by atoms with E-state index in [0.717, 1.165) is 0 Å². The molecule has 0 N–H and O–H groups in total. The Bertz CT molecular complexity index is 294. The Balaban J connectivity index is 2.31. The average Bonchev–Trinajstić information content (AvgIpc) is 2.42. The Morgan fingerprint density at radius 2 is 2.33 bits per heavy atom. The maximum absolute atomic E-state index is 11.3. The van der Waals surface area contributed by atoms with Crippen LogP contribution in [0.1, 0.15) is 26.7 Å². The number of hydrogen-bond acceptors (Lipinski definition) is 3. The van der Waals surface area contributed by atoms with Gasteiger partial charge in [-0.3, -0.25) is 9.59 Å². The number of ketones is 1. The number of ether oxygens (including phenoxy) is 1. The van der Waals surface area contributed by atoms with Gasteiger partial charge in [-0.2, -0.15) is 0 Å². The predicted octanol–water partition coefficient (Wildman–Crippen LogP) is 2.44. The van der Waals surface area contributed by atoms with Crippen LogP contribution in [0.5, 0.6) is 0 Å². The first kappa shape index (κ1) is 12.4. The minimum Gasteiger partial charge on any atom is -0.465 e. The summed E-state index contributed by atoms with van der Waals surface area (Å²) in [7, 11) is 0. The van der Waals surface area contributed by atoms with E-state index in [-0.39, 0.29) is 17.7 Å². The summed E-state index contributed by atoms with van der Waals surface area (Å²) in [6.45, 7) is 4.43. The SMILES string of the molecule is CC(C)COC(=O)CC1C=C(Br)C(=O)C1. The first-order valence-electron chi connectivity index (χ1n) is 5.05. The lowest BCUT2D eigenvalue weighted by Gasteiger charge is -2.09. The highest BCUT2D eigenvalue weighted by Crippen LogP contribution is 2.27. The molecule has 0 fully saturated rings. The molecular weight excluding hydrogens is 260 g/mol. The van der Waals surface area contributed by atoms with Gasteiger partial charge in [-0.05, 0) is 27.8 Å². The first-order chi connectivity index (χ1) is 6.99. The first-order valence-corrected chi connectivity index (χ1v) is 5.84. The molecule has 0 radical (unpaired) electrons. The van der Waals surface area contributed by atoms with Crippen molar-refractivity contribution in [2.24, 2.45) is 11.8 Å². The molecule has 0 spiro atoms. The molecule has 0 heterocycles. The van der Waals surface area contributed by atoms with Crippen molar-refractivity contribution >= 4 is 27.7 Å². The van der Waals surface area contributed by atoms with Gasteiger partial charge in [0.1, 0.15) is 0 Å². The van der Waals surface area contributed by atoms with Crippen molar-refractivity contribution in [1.82, 2.24) is 0 Å². The smallest absolute Gasteiger partial charge is 0.306 e. The molecule has 0 aromatic rings. The zero-order chi connectivity index (χ0) is 11.4. The van der Waals surface area contributed by atoms with Crippen molar-refractivity contribution in [2.75, 3.05) is 6.61 Å². The summed E-state index contributed by atoms with van der Waals surface area (Å²) < 4.78 is 5.63. The topological polar surface area (TPSA) is 43.4 Å². The lowest BCUT2D eigenvalue weighted by Crippen LogP contribution is -2.13. The number of carbonyl (C=O) groups excluding carboxylic acids is 2. The molecule has 15 heavy (non-hydrogen) atoms. The number of allylic oxidation sites excluding steroid dienone is 2. The molecule has 1 rings (SSSR count). The number of hydrogen-bond donors (Lipinski definition) is 0. The van der Waals surface area contributed by atoms with Crippen molar-refractivity contribution in [3.8, 4) is 0 Å². The Hall–Kier alpha value is -0.640. The van der Waals surface area contributed by atoms with Crippen LogP contribution >= 0.6 is 15.9 Å². The molecule has 3 nitrogen and oxygen atoms in total. The molecule has 0 saturated heterocycles. The van der Waals surface area contributed by atoms with Gasteiger partial charge in [-0.25, -0.2) is 0 Å². The van der Waals surface area contributed by atoms with Gasteiger partial charge >= 0.3 is 5.97 Å². The summed E-state index contributed by atoms with van der Waals surface area (Å²) >= 11 is 3.16. The van der Waals surface area contributed by atoms with Crippen LogP contribution in [-0.2, 0) is 14.3 Å². The number of halogens is 1. The molecule has 0 aliphatic heterocycles. The summed E-state index contributed by atoms with van der Waals surface area (Å²) in [6, 6.07) is 0. The highest BCUT2D eigenvalue weighted by Gasteiger charge is 2.24. The molecule has 0 aromatic carbocycles. The molecule has 1 atom stereocenters. The highest BCUT2D eigenvalue weighted by molar-refractivity contribution is 9.12. The van der Waals surface area contributed by atoms with Crippen LogP contribution in [0.25, 0.3) is 0 Å². The third-order valence-corrected chi connectivity index (χ3v) is 2.81. The molecule has 1 aliphatic carbocycles. The molecule has 84 valence electrons. The van der Waals surface area contributed by atoms with Crippen LogP contribution in [0, 0.1) is 11.8 Å². The monoisotopic (exact) mass is 274 g/mol. The van der Waals surface area contributed by atoms with Crippen molar-refractivity contribution in [2.45, 2.75) is 26.7 Å². The van der Waals surface area contributed by atoms with E-state index >= 15 is 0 Å². The molecule has 1 aliphatic rings. The Morgan fingerprint density at radius 1 is 1.67 bits per heavy atom. The summed E-state index contributed by atoms with van der Waals surface area (Å²) in [4.78, 5) is 22.5. The summed E-state index contributed by atoms with van der Waals surface area (Å²) in [5.74, 6) is 0.199. The molecule has 1 unspecified atom stereocenters. The molecule has 0 aromatic heterocycles. The minimum atomic E-state index is -0.222. The van der Waals surface area contributed by atoms with E-state index in [4.69, 9.17) is 4.74 Å². The molecule has 4 heteroatoms. The van der Waals surface area contributed by atoms with Gasteiger partial charge in [0.25, 0.3) is 0 Å². The summed E-state index contributed by atoms with van der Waals surface area (Å²) in [5.41, 5.74) is 0. The number of rotatable bonds is 4. The third kappa shape index (κ3) is 4.16. The zero-order valence-corrected chi connectivity index (χ0v) is 10.5. The van der Waals surface area contributed by atoms with E-state index < -0.39 is 0 Å².